The largest absolute Gasteiger partial charge is 0.465 e. The molecule has 2 aromatic rings. The van der Waals surface area contributed by atoms with Crippen molar-refractivity contribution in [2.24, 2.45) is 0 Å². The number of anilines is 1. The summed E-state index contributed by atoms with van der Waals surface area (Å²) in [4.78, 5) is 28.2. The number of carbonyl (C=O) groups is 1. The highest BCUT2D eigenvalue weighted by molar-refractivity contribution is 5.83. The van der Waals surface area contributed by atoms with E-state index in [1.54, 1.807) is 19.7 Å². The normalized spacial score (nSPS) is 21.9. The number of fused-ring (bicyclic) bond motifs is 1. The number of imidazole rings is 1. The molecule has 2 aliphatic heterocycles. The second-order valence-corrected chi connectivity index (χ2v) is 6.95. The maximum Gasteiger partial charge on any atom is 0.407 e. The van der Waals surface area contributed by atoms with E-state index in [1.807, 2.05) is 4.57 Å². The fourth-order valence-electron chi connectivity index (χ4n) is 3.85. The summed E-state index contributed by atoms with van der Waals surface area (Å²) < 4.78 is 7.87. The fourth-order valence-corrected chi connectivity index (χ4v) is 3.85. The number of rotatable bonds is 3. The molecule has 9 nitrogen and oxygen atoms in total. The molecule has 140 valence electrons. The second-order valence-electron chi connectivity index (χ2n) is 6.95. The van der Waals surface area contributed by atoms with Crippen molar-refractivity contribution in [1.29, 1.82) is 0 Å². The highest BCUT2D eigenvalue weighted by atomic mass is 16.5. The number of ether oxygens (including phenoxy) is 1. The van der Waals surface area contributed by atoms with E-state index in [1.165, 1.54) is 4.90 Å². The van der Waals surface area contributed by atoms with Gasteiger partial charge in [0.2, 0.25) is 0 Å². The molecule has 1 amide bonds. The van der Waals surface area contributed by atoms with Crippen molar-refractivity contribution in [2.75, 3.05) is 31.6 Å². The van der Waals surface area contributed by atoms with Crippen LogP contribution in [0.5, 0.6) is 0 Å². The fraction of sp³-hybridized carbons (Fsp3) is 0.647. The van der Waals surface area contributed by atoms with Gasteiger partial charge < -0.3 is 19.6 Å². The topological polar surface area (TPSA) is 96.6 Å². The molecule has 1 N–H and O–H groups in total. The van der Waals surface area contributed by atoms with Crippen molar-refractivity contribution in [1.82, 2.24) is 24.4 Å². The molecule has 0 bridgehead atoms. The highest BCUT2D eigenvalue weighted by Gasteiger charge is 2.28. The Morgan fingerprint density at radius 3 is 2.73 bits per heavy atom. The Labute approximate surface area is 151 Å². The van der Waals surface area contributed by atoms with Gasteiger partial charge in [-0.2, -0.15) is 0 Å². The van der Waals surface area contributed by atoms with E-state index >= 15 is 0 Å². The van der Waals surface area contributed by atoms with Crippen LogP contribution < -0.4 is 4.90 Å². The van der Waals surface area contributed by atoms with Crippen LogP contribution in [0.1, 0.15) is 38.3 Å². The van der Waals surface area contributed by atoms with E-state index < -0.39 is 6.09 Å². The van der Waals surface area contributed by atoms with Crippen molar-refractivity contribution in [3.63, 3.8) is 0 Å². The predicted molar refractivity (Wildman–Crippen MR) is 95.2 cm³/mol. The molecule has 4 heterocycles. The van der Waals surface area contributed by atoms with Gasteiger partial charge in [0.1, 0.15) is 12.6 Å². The van der Waals surface area contributed by atoms with Crippen molar-refractivity contribution < 1.29 is 14.6 Å². The van der Waals surface area contributed by atoms with Crippen LogP contribution in [0.4, 0.5) is 10.6 Å². The summed E-state index contributed by atoms with van der Waals surface area (Å²) in [5.41, 5.74) is 1.58. The summed E-state index contributed by atoms with van der Waals surface area (Å²) in [7, 11) is 1.64. The first-order chi connectivity index (χ1) is 12.6. The number of aromatic nitrogens is 4. The van der Waals surface area contributed by atoms with Crippen LogP contribution in [0.3, 0.4) is 0 Å². The quantitative estimate of drug-likeness (QED) is 0.895. The second kappa shape index (κ2) is 7.06. The van der Waals surface area contributed by atoms with E-state index in [-0.39, 0.29) is 12.3 Å². The van der Waals surface area contributed by atoms with Gasteiger partial charge in [0.15, 0.2) is 17.0 Å². The molecule has 0 aliphatic carbocycles. The standard InChI is InChI=1S/C17H24N6O3/c1-21(17(24)25)12-5-7-22(8-6-12)15-14-16(19-10-18-15)23(11-20-14)13-4-2-3-9-26-13/h10-13H,2-9H2,1H3,(H,24,25). The number of hydrogen-bond donors (Lipinski definition) is 1. The zero-order valence-electron chi connectivity index (χ0n) is 14.9. The van der Waals surface area contributed by atoms with Gasteiger partial charge in [-0.3, -0.25) is 4.57 Å². The van der Waals surface area contributed by atoms with E-state index in [4.69, 9.17) is 9.84 Å². The van der Waals surface area contributed by atoms with Gasteiger partial charge >= 0.3 is 6.09 Å². The molecular formula is C17H24N6O3. The Bertz CT molecular complexity index is 780. The number of carboxylic acid groups (broad SMARTS) is 1. The molecule has 0 radical (unpaired) electrons. The number of nitrogens with zero attached hydrogens (tertiary/aromatic N) is 6. The van der Waals surface area contributed by atoms with Crippen LogP contribution in [0.15, 0.2) is 12.7 Å². The average Bonchev–Trinajstić information content (AvgIpc) is 3.12. The van der Waals surface area contributed by atoms with Gasteiger partial charge in [-0.15, -0.1) is 0 Å². The van der Waals surface area contributed by atoms with Crippen molar-refractivity contribution in [2.45, 2.75) is 44.4 Å². The Balaban J connectivity index is 1.54. The van der Waals surface area contributed by atoms with Crippen LogP contribution in [0.25, 0.3) is 11.2 Å². The average molecular weight is 360 g/mol. The maximum atomic E-state index is 11.1. The van der Waals surface area contributed by atoms with Gasteiger partial charge in [0.25, 0.3) is 0 Å². The van der Waals surface area contributed by atoms with Gasteiger partial charge in [0, 0.05) is 32.8 Å². The summed E-state index contributed by atoms with van der Waals surface area (Å²) in [5.74, 6) is 0.820. The van der Waals surface area contributed by atoms with Gasteiger partial charge in [0.05, 0.1) is 6.33 Å². The molecule has 0 spiro atoms. The lowest BCUT2D eigenvalue weighted by molar-refractivity contribution is -0.0298. The van der Waals surface area contributed by atoms with Crippen molar-refractivity contribution in [3.8, 4) is 0 Å². The molecule has 1 atom stereocenters. The Hall–Kier alpha value is -2.42. The molecule has 4 rings (SSSR count). The molecule has 9 heteroatoms. The first kappa shape index (κ1) is 17.0. The maximum absolute atomic E-state index is 11.1. The van der Waals surface area contributed by atoms with E-state index in [0.29, 0.717) is 0 Å². The van der Waals surface area contributed by atoms with Gasteiger partial charge in [-0.05, 0) is 32.1 Å². The molecule has 2 aromatic heterocycles. The number of hydrogen-bond acceptors (Lipinski definition) is 6. The lowest BCUT2D eigenvalue weighted by atomic mass is 10.0. The lowest BCUT2D eigenvalue weighted by Gasteiger charge is -2.36. The Kier molecular flexibility index (Phi) is 4.62. The van der Waals surface area contributed by atoms with Crippen LogP contribution in [-0.4, -0.2) is 68.4 Å². The summed E-state index contributed by atoms with van der Waals surface area (Å²) in [5, 5.41) is 9.15. The molecule has 26 heavy (non-hydrogen) atoms. The van der Waals surface area contributed by atoms with Crippen molar-refractivity contribution >= 4 is 23.1 Å². The van der Waals surface area contributed by atoms with E-state index in [0.717, 1.165) is 68.8 Å². The summed E-state index contributed by atoms with van der Waals surface area (Å²) >= 11 is 0. The molecule has 0 saturated carbocycles. The highest BCUT2D eigenvalue weighted by Crippen LogP contribution is 2.30. The Morgan fingerprint density at radius 1 is 1.23 bits per heavy atom. The third-order valence-electron chi connectivity index (χ3n) is 5.42. The minimum Gasteiger partial charge on any atom is -0.465 e. The molecular weight excluding hydrogens is 336 g/mol. The summed E-state index contributed by atoms with van der Waals surface area (Å²) in [6.45, 7) is 2.27. The molecule has 2 aliphatic rings. The Morgan fingerprint density at radius 2 is 2.04 bits per heavy atom. The van der Waals surface area contributed by atoms with Gasteiger partial charge in [-0.25, -0.2) is 19.7 Å². The van der Waals surface area contributed by atoms with Crippen molar-refractivity contribution in [3.05, 3.63) is 12.7 Å². The van der Waals surface area contributed by atoms with E-state index in [2.05, 4.69) is 19.9 Å². The third-order valence-corrected chi connectivity index (χ3v) is 5.42. The van der Waals surface area contributed by atoms with Crippen LogP contribution in [0, 0.1) is 0 Å². The first-order valence-electron chi connectivity index (χ1n) is 9.15. The smallest absolute Gasteiger partial charge is 0.407 e. The molecule has 2 fully saturated rings. The summed E-state index contributed by atoms with van der Waals surface area (Å²) in [6.07, 6.45) is 7.26. The van der Waals surface area contributed by atoms with Crippen LogP contribution in [0.2, 0.25) is 0 Å². The van der Waals surface area contributed by atoms with Gasteiger partial charge in [-0.1, -0.05) is 0 Å². The number of piperidine rings is 1. The summed E-state index contributed by atoms with van der Waals surface area (Å²) in [6, 6.07) is 0.0503. The zero-order chi connectivity index (χ0) is 18.1. The lowest BCUT2D eigenvalue weighted by Crippen LogP contribution is -2.45. The predicted octanol–water partition coefficient (Wildman–Crippen LogP) is 2.10. The molecule has 0 aromatic carbocycles. The number of amides is 1. The van der Waals surface area contributed by atoms with Crippen LogP contribution in [-0.2, 0) is 4.74 Å². The third kappa shape index (κ3) is 3.07. The minimum absolute atomic E-state index is 0.00791. The van der Waals surface area contributed by atoms with E-state index in [9.17, 15) is 4.79 Å². The van der Waals surface area contributed by atoms with Crippen LogP contribution >= 0.6 is 0 Å². The molecule has 2 saturated heterocycles. The molecule has 1 unspecified atom stereocenters. The monoisotopic (exact) mass is 360 g/mol. The minimum atomic E-state index is -0.876. The first-order valence-corrected chi connectivity index (χ1v) is 9.15. The zero-order valence-corrected chi connectivity index (χ0v) is 14.9. The SMILES string of the molecule is CN(C(=O)O)C1CCN(c2ncnc3c2ncn3C2CCCCO2)CC1.